The number of hydrogen-bond acceptors (Lipinski definition) is 3. The van der Waals surface area contributed by atoms with Crippen LogP contribution in [0.1, 0.15) is 22.9 Å². The van der Waals surface area contributed by atoms with E-state index in [0.29, 0.717) is 6.61 Å². The molecule has 0 aliphatic rings. The van der Waals surface area contributed by atoms with E-state index >= 15 is 0 Å². The van der Waals surface area contributed by atoms with Crippen LogP contribution in [0.2, 0.25) is 0 Å². The third-order valence-corrected chi connectivity index (χ3v) is 4.45. The minimum absolute atomic E-state index is 0.693. The van der Waals surface area contributed by atoms with Gasteiger partial charge in [0.2, 0.25) is 0 Å². The van der Waals surface area contributed by atoms with E-state index in [2.05, 4.69) is 57.6 Å². The Labute approximate surface area is 126 Å². The van der Waals surface area contributed by atoms with Crippen LogP contribution in [0, 0.1) is 0 Å². The largest absolute Gasteiger partial charge is 0.377 e. The molecule has 0 radical (unpaired) electrons. The molecule has 0 unspecified atom stereocenters. The highest BCUT2D eigenvalue weighted by Gasteiger charge is 2.02. The lowest BCUT2D eigenvalue weighted by atomic mass is 10.1. The fourth-order valence-corrected chi connectivity index (χ4v) is 3.30. The van der Waals surface area contributed by atoms with Crippen LogP contribution in [-0.2, 0) is 24.4 Å². The van der Waals surface area contributed by atoms with Crippen LogP contribution in [-0.4, -0.2) is 6.61 Å². The predicted molar refractivity (Wildman–Crippen MR) is 84.3 cm³/mol. The highest BCUT2D eigenvalue weighted by Crippen LogP contribution is 2.21. The molecule has 2 rings (SSSR count). The Morgan fingerprint density at radius 2 is 1.89 bits per heavy atom. The number of thiophene rings is 1. The molecule has 19 heavy (non-hydrogen) atoms. The summed E-state index contributed by atoms with van der Waals surface area (Å²) in [5.74, 6) is 0. The maximum atomic E-state index is 5.50. The van der Waals surface area contributed by atoms with Crippen molar-refractivity contribution in [2.75, 3.05) is 6.61 Å². The molecule has 0 saturated carbocycles. The molecule has 1 aromatic carbocycles. The maximum Gasteiger partial charge on any atom is 0.0719 e. The maximum absolute atomic E-state index is 5.50. The van der Waals surface area contributed by atoms with E-state index in [0.717, 1.165) is 19.7 Å². The van der Waals surface area contributed by atoms with E-state index in [1.54, 1.807) is 11.3 Å². The zero-order valence-electron chi connectivity index (χ0n) is 11.0. The molecule has 0 fully saturated rings. The van der Waals surface area contributed by atoms with Crippen LogP contribution in [0.4, 0.5) is 0 Å². The summed E-state index contributed by atoms with van der Waals surface area (Å²) < 4.78 is 6.68. The van der Waals surface area contributed by atoms with Crippen LogP contribution < -0.4 is 5.32 Å². The Morgan fingerprint density at radius 3 is 2.58 bits per heavy atom. The van der Waals surface area contributed by atoms with Crippen LogP contribution in [0.5, 0.6) is 0 Å². The summed E-state index contributed by atoms with van der Waals surface area (Å²) in [6.45, 7) is 5.25. The molecular formula is C15H18BrNOS. The van der Waals surface area contributed by atoms with Gasteiger partial charge in [-0.25, -0.2) is 0 Å². The number of rotatable bonds is 7. The smallest absolute Gasteiger partial charge is 0.0719 e. The first kappa shape index (κ1) is 14.7. The van der Waals surface area contributed by atoms with Crippen molar-refractivity contribution in [3.63, 3.8) is 0 Å². The van der Waals surface area contributed by atoms with Crippen molar-refractivity contribution in [2.24, 2.45) is 0 Å². The summed E-state index contributed by atoms with van der Waals surface area (Å²) in [6.07, 6.45) is 0. The summed E-state index contributed by atoms with van der Waals surface area (Å²) in [7, 11) is 0. The number of hydrogen-bond donors (Lipinski definition) is 1. The van der Waals surface area contributed by atoms with Crippen molar-refractivity contribution >= 4 is 27.3 Å². The molecule has 0 amide bonds. The quantitative estimate of drug-likeness (QED) is 0.810. The van der Waals surface area contributed by atoms with Crippen molar-refractivity contribution in [1.29, 1.82) is 0 Å². The SMILES string of the molecule is CCOCc1ccccc1CNCc1ccc(Br)s1. The van der Waals surface area contributed by atoms with Gasteiger partial charge in [0.1, 0.15) is 0 Å². The van der Waals surface area contributed by atoms with Crippen molar-refractivity contribution in [2.45, 2.75) is 26.6 Å². The summed E-state index contributed by atoms with van der Waals surface area (Å²) in [6, 6.07) is 12.7. The van der Waals surface area contributed by atoms with Crippen LogP contribution in [0.15, 0.2) is 40.2 Å². The van der Waals surface area contributed by atoms with E-state index in [-0.39, 0.29) is 0 Å². The molecule has 0 bridgehead atoms. The second-order valence-electron chi connectivity index (χ2n) is 4.22. The van der Waals surface area contributed by atoms with Crippen LogP contribution >= 0.6 is 27.3 Å². The lowest BCUT2D eigenvalue weighted by molar-refractivity contribution is 0.133. The third kappa shape index (κ3) is 4.73. The van der Waals surface area contributed by atoms with Gasteiger partial charge in [0.25, 0.3) is 0 Å². The van der Waals surface area contributed by atoms with Gasteiger partial charge in [-0.2, -0.15) is 0 Å². The van der Waals surface area contributed by atoms with E-state index in [4.69, 9.17) is 4.74 Å². The topological polar surface area (TPSA) is 21.3 Å². The Kier molecular flexibility index (Phi) is 6.04. The predicted octanol–water partition coefficient (Wildman–Crippen LogP) is 4.34. The highest BCUT2D eigenvalue weighted by molar-refractivity contribution is 9.11. The molecule has 102 valence electrons. The standard InChI is InChI=1S/C15H18BrNOS/c1-2-18-11-13-6-4-3-5-12(13)9-17-10-14-7-8-15(16)19-14/h3-8,17H,2,9-11H2,1H3. The first-order chi connectivity index (χ1) is 9.29. The minimum Gasteiger partial charge on any atom is -0.377 e. The molecule has 0 atom stereocenters. The molecule has 0 saturated heterocycles. The van der Waals surface area contributed by atoms with Crippen molar-refractivity contribution < 1.29 is 4.74 Å². The zero-order valence-corrected chi connectivity index (χ0v) is 13.4. The van der Waals surface area contributed by atoms with Gasteiger partial charge in [0, 0.05) is 24.6 Å². The average molecular weight is 340 g/mol. The van der Waals surface area contributed by atoms with Gasteiger partial charge in [0.05, 0.1) is 10.4 Å². The first-order valence-corrected chi connectivity index (χ1v) is 8.00. The second kappa shape index (κ2) is 7.80. The molecule has 0 aliphatic carbocycles. The number of halogens is 1. The molecule has 2 aromatic rings. The lowest BCUT2D eigenvalue weighted by Crippen LogP contribution is -2.13. The molecule has 0 spiro atoms. The number of ether oxygens (including phenoxy) is 1. The fraction of sp³-hybridized carbons (Fsp3) is 0.333. The summed E-state index contributed by atoms with van der Waals surface area (Å²) in [5.41, 5.74) is 2.58. The lowest BCUT2D eigenvalue weighted by Gasteiger charge is -2.10. The molecular weight excluding hydrogens is 322 g/mol. The average Bonchev–Trinajstić information content (AvgIpc) is 2.83. The monoisotopic (exact) mass is 339 g/mol. The molecule has 2 nitrogen and oxygen atoms in total. The van der Waals surface area contributed by atoms with Crippen molar-refractivity contribution in [1.82, 2.24) is 5.32 Å². The van der Waals surface area contributed by atoms with Crippen LogP contribution in [0.25, 0.3) is 0 Å². The van der Waals surface area contributed by atoms with Crippen molar-refractivity contribution in [3.8, 4) is 0 Å². The Hall–Kier alpha value is -0.680. The Balaban J connectivity index is 1.88. The van der Waals surface area contributed by atoms with Gasteiger partial charge >= 0.3 is 0 Å². The third-order valence-electron chi connectivity index (χ3n) is 2.82. The highest BCUT2D eigenvalue weighted by atomic mass is 79.9. The van der Waals surface area contributed by atoms with Crippen molar-refractivity contribution in [3.05, 3.63) is 56.2 Å². The minimum atomic E-state index is 0.693. The molecule has 4 heteroatoms. The van der Waals surface area contributed by atoms with E-state index in [9.17, 15) is 0 Å². The Bertz CT molecular complexity index is 512. The number of benzene rings is 1. The zero-order chi connectivity index (χ0) is 13.5. The van der Waals surface area contributed by atoms with Gasteiger partial charge in [-0.1, -0.05) is 24.3 Å². The Morgan fingerprint density at radius 1 is 1.11 bits per heavy atom. The summed E-state index contributed by atoms with van der Waals surface area (Å²) in [4.78, 5) is 1.34. The number of nitrogens with one attached hydrogen (secondary N) is 1. The molecule has 1 aromatic heterocycles. The van der Waals surface area contributed by atoms with E-state index < -0.39 is 0 Å². The fourth-order valence-electron chi connectivity index (χ4n) is 1.85. The summed E-state index contributed by atoms with van der Waals surface area (Å²) in [5, 5.41) is 3.48. The van der Waals surface area contributed by atoms with Gasteiger partial charge in [-0.15, -0.1) is 11.3 Å². The normalized spacial score (nSPS) is 10.8. The van der Waals surface area contributed by atoms with Crippen LogP contribution in [0.3, 0.4) is 0 Å². The second-order valence-corrected chi connectivity index (χ2v) is 6.76. The first-order valence-electron chi connectivity index (χ1n) is 6.39. The molecule has 1 heterocycles. The van der Waals surface area contributed by atoms with E-state index in [1.165, 1.54) is 19.8 Å². The van der Waals surface area contributed by atoms with Gasteiger partial charge in [-0.3, -0.25) is 0 Å². The van der Waals surface area contributed by atoms with Gasteiger partial charge in [0.15, 0.2) is 0 Å². The molecule has 0 aliphatic heterocycles. The molecule has 1 N–H and O–H groups in total. The summed E-state index contributed by atoms with van der Waals surface area (Å²) >= 11 is 5.25. The van der Waals surface area contributed by atoms with E-state index in [1.807, 2.05) is 6.92 Å². The van der Waals surface area contributed by atoms with Gasteiger partial charge in [-0.05, 0) is 46.1 Å². The van der Waals surface area contributed by atoms with Gasteiger partial charge < -0.3 is 10.1 Å².